The SMILES string of the molecule is N#Cc1cnn2c(-c3cc(Nc4cnoc4)c(N)cn3)ccc2c1. The van der Waals surface area contributed by atoms with Crippen LogP contribution in [-0.4, -0.2) is 19.8 Å². The van der Waals surface area contributed by atoms with Crippen LogP contribution in [0.4, 0.5) is 17.1 Å². The fourth-order valence-electron chi connectivity index (χ4n) is 2.39. The third kappa shape index (κ3) is 2.30. The lowest BCUT2D eigenvalue weighted by molar-refractivity contribution is 0.420. The number of anilines is 3. The molecule has 0 saturated carbocycles. The molecular weight excluding hydrogens is 306 g/mol. The van der Waals surface area contributed by atoms with Crippen molar-refractivity contribution in [1.82, 2.24) is 19.8 Å². The maximum atomic E-state index is 8.96. The zero-order valence-electron chi connectivity index (χ0n) is 12.3. The normalized spacial score (nSPS) is 10.6. The van der Waals surface area contributed by atoms with Crippen molar-refractivity contribution in [3.8, 4) is 17.5 Å². The van der Waals surface area contributed by atoms with E-state index in [1.54, 1.807) is 23.0 Å². The molecule has 0 atom stereocenters. The molecule has 4 rings (SSSR count). The average Bonchev–Trinajstić information content (AvgIpc) is 3.25. The van der Waals surface area contributed by atoms with E-state index in [-0.39, 0.29) is 0 Å². The van der Waals surface area contributed by atoms with Crippen LogP contribution >= 0.6 is 0 Å². The van der Waals surface area contributed by atoms with Gasteiger partial charge in [0.1, 0.15) is 12.3 Å². The molecule has 4 aromatic heterocycles. The summed E-state index contributed by atoms with van der Waals surface area (Å²) in [5, 5.41) is 20.0. The summed E-state index contributed by atoms with van der Waals surface area (Å²) >= 11 is 0. The molecule has 0 saturated heterocycles. The smallest absolute Gasteiger partial charge is 0.147 e. The van der Waals surface area contributed by atoms with Crippen molar-refractivity contribution in [1.29, 1.82) is 5.26 Å². The minimum atomic E-state index is 0.500. The zero-order chi connectivity index (χ0) is 16.5. The topological polar surface area (TPSA) is 118 Å². The van der Waals surface area contributed by atoms with Crippen LogP contribution in [0.3, 0.4) is 0 Å². The van der Waals surface area contributed by atoms with E-state index in [9.17, 15) is 0 Å². The molecule has 24 heavy (non-hydrogen) atoms. The number of nitrogens with one attached hydrogen (secondary N) is 1. The number of hydrogen-bond acceptors (Lipinski definition) is 7. The Balaban J connectivity index is 1.78. The Kier molecular flexibility index (Phi) is 3.10. The highest BCUT2D eigenvalue weighted by Gasteiger charge is 2.11. The van der Waals surface area contributed by atoms with Crippen molar-refractivity contribution in [2.75, 3.05) is 11.1 Å². The van der Waals surface area contributed by atoms with E-state index >= 15 is 0 Å². The van der Waals surface area contributed by atoms with Crippen LogP contribution in [0, 0.1) is 11.3 Å². The Labute approximate surface area is 136 Å². The molecule has 0 aromatic carbocycles. The molecule has 8 heteroatoms. The number of nitriles is 1. The fraction of sp³-hybridized carbons (Fsp3) is 0. The van der Waals surface area contributed by atoms with Crippen molar-refractivity contribution in [2.24, 2.45) is 0 Å². The van der Waals surface area contributed by atoms with Gasteiger partial charge in [0, 0.05) is 0 Å². The summed E-state index contributed by atoms with van der Waals surface area (Å²) in [6, 6.07) is 9.45. The quantitative estimate of drug-likeness (QED) is 0.596. The van der Waals surface area contributed by atoms with Gasteiger partial charge in [-0.05, 0) is 24.3 Å². The number of pyridine rings is 1. The van der Waals surface area contributed by atoms with Crippen LogP contribution in [0.2, 0.25) is 0 Å². The second kappa shape index (κ2) is 5.40. The number of aromatic nitrogens is 4. The highest BCUT2D eigenvalue weighted by Crippen LogP contribution is 2.28. The highest BCUT2D eigenvalue weighted by atomic mass is 16.5. The molecule has 0 aliphatic carbocycles. The monoisotopic (exact) mass is 317 g/mol. The third-order valence-corrected chi connectivity index (χ3v) is 3.54. The maximum absolute atomic E-state index is 8.96. The lowest BCUT2D eigenvalue weighted by Gasteiger charge is -2.09. The first kappa shape index (κ1) is 13.8. The molecule has 0 radical (unpaired) electrons. The fourth-order valence-corrected chi connectivity index (χ4v) is 2.39. The summed E-state index contributed by atoms with van der Waals surface area (Å²) in [5.41, 5.74) is 10.7. The standard InChI is InChI=1S/C16H11N7O/c17-5-10-3-12-1-2-16(23(12)20-6-10)15-4-14(13(18)8-19-15)22-11-7-21-24-9-11/h1-4,6-9H,18H2,(H,19,22). The van der Waals surface area contributed by atoms with Gasteiger partial charge in [0.05, 0.1) is 58.1 Å². The van der Waals surface area contributed by atoms with E-state index in [1.807, 2.05) is 18.2 Å². The van der Waals surface area contributed by atoms with Gasteiger partial charge >= 0.3 is 0 Å². The van der Waals surface area contributed by atoms with E-state index in [4.69, 9.17) is 15.5 Å². The van der Waals surface area contributed by atoms with Gasteiger partial charge in [0.25, 0.3) is 0 Å². The highest BCUT2D eigenvalue weighted by molar-refractivity contribution is 5.76. The van der Waals surface area contributed by atoms with Crippen molar-refractivity contribution >= 4 is 22.6 Å². The second-order valence-electron chi connectivity index (χ2n) is 5.11. The molecule has 116 valence electrons. The zero-order valence-corrected chi connectivity index (χ0v) is 12.3. The first-order valence-electron chi connectivity index (χ1n) is 7.05. The molecule has 0 aliphatic heterocycles. The van der Waals surface area contributed by atoms with Crippen LogP contribution in [0.5, 0.6) is 0 Å². The van der Waals surface area contributed by atoms with E-state index < -0.39 is 0 Å². The molecular formula is C16H11N7O. The molecule has 0 amide bonds. The summed E-state index contributed by atoms with van der Waals surface area (Å²) in [6.07, 6.45) is 6.13. The van der Waals surface area contributed by atoms with Crippen LogP contribution in [-0.2, 0) is 0 Å². The first-order valence-corrected chi connectivity index (χ1v) is 7.05. The summed E-state index contributed by atoms with van der Waals surface area (Å²) in [7, 11) is 0. The summed E-state index contributed by atoms with van der Waals surface area (Å²) in [6.45, 7) is 0. The third-order valence-electron chi connectivity index (χ3n) is 3.54. The Hall–Kier alpha value is -3.86. The van der Waals surface area contributed by atoms with E-state index in [0.717, 1.165) is 11.2 Å². The van der Waals surface area contributed by atoms with Gasteiger partial charge in [0.2, 0.25) is 0 Å². The number of nitrogens with zero attached hydrogens (tertiary/aromatic N) is 5. The van der Waals surface area contributed by atoms with Crippen molar-refractivity contribution < 1.29 is 4.52 Å². The molecule has 0 aliphatic rings. The van der Waals surface area contributed by atoms with Crippen LogP contribution in [0.1, 0.15) is 5.56 Å². The largest absolute Gasteiger partial charge is 0.396 e. The average molecular weight is 317 g/mol. The minimum Gasteiger partial charge on any atom is -0.396 e. The summed E-state index contributed by atoms with van der Waals surface area (Å²) in [4.78, 5) is 4.37. The Morgan fingerprint density at radius 2 is 2.12 bits per heavy atom. The van der Waals surface area contributed by atoms with E-state index in [2.05, 4.69) is 26.6 Å². The van der Waals surface area contributed by atoms with Gasteiger partial charge in [0.15, 0.2) is 0 Å². The molecule has 0 unspecified atom stereocenters. The molecule has 0 bridgehead atoms. The van der Waals surface area contributed by atoms with Crippen LogP contribution < -0.4 is 11.1 Å². The van der Waals surface area contributed by atoms with Crippen LogP contribution in [0.25, 0.3) is 16.9 Å². The summed E-state index contributed by atoms with van der Waals surface area (Å²) < 4.78 is 6.52. The number of nitrogens with two attached hydrogens (primary N) is 1. The molecule has 0 spiro atoms. The van der Waals surface area contributed by atoms with Crippen molar-refractivity contribution in [2.45, 2.75) is 0 Å². The van der Waals surface area contributed by atoms with E-state index in [0.29, 0.717) is 28.3 Å². The van der Waals surface area contributed by atoms with Gasteiger partial charge in [-0.2, -0.15) is 10.4 Å². The molecule has 0 fully saturated rings. The van der Waals surface area contributed by atoms with Crippen molar-refractivity contribution in [3.05, 3.63) is 54.7 Å². The number of rotatable bonds is 3. The van der Waals surface area contributed by atoms with Crippen molar-refractivity contribution in [3.63, 3.8) is 0 Å². The van der Waals surface area contributed by atoms with Gasteiger partial charge in [-0.3, -0.25) is 4.98 Å². The Morgan fingerprint density at radius 1 is 1.21 bits per heavy atom. The predicted octanol–water partition coefficient (Wildman–Crippen LogP) is 2.58. The Bertz CT molecular complexity index is 1060. The molecule has 8 nitrogen and oxygen atoms in total. The summed E-state index contributed by atoms with van der Waals surface area (Å²) in [5.74, 6) is 0. The second-order valence-corrected chi connectivity index (χ2v) is 5.11. The first-order chi connectivity index (χ1) is 11.7. The predicted molar refractivity (Wildman–Crippen MR) is 87.3 cm³/mol. The van der Waals surface area contributed by atoms with Gasteiger partial charge in [-0.25, -0.2) is 4.52 Å². The van der Waals surface area contributed by atoms with Gasteiger partial charge in [-0.1, -0.05) is 5.16 Å². The van der Waals surface area contributed by atoms with Crippen LogP contribution in [0.15, 0.2) is 53.6 Å². The molecule has 4 aromatic rings. The number of nitrogen functional groups attached to an aromatic ring is 1. The van der Waals surface area contributed by atoms with E-state index in [1.165, 1.54) is 12.5 Å². The van der Waals surface area contributed by atoms with Gasteiger partial charge in [-0.15, -0.1) is 0 Å². The van der Waals surface area contributed by atoms with Gasteiger partial charge < -0.3 is 15.6 Å². The number of hydrogen-bond donors (Lipinski definition) is 2. The molecule has 3 N–H and O–H groups in total. The lowest BCUT2D eigenvalue weighted by atomic mass is 10.2. The lowest BCUT2D eigenvalue weighted by Crippen LogP contribution is -2.00. The Morgan fingerprint density at radius 3 is 2.92 bits per heavy atom. The maximum Gasteiger partial charge on any atom is 0.147 e. The minimum absolute atomic E-state index is 0.500. The molecule has 4 heterocycles. The number of fused-ring (bicyclic) bond motifs is 1.